The number of fused-ring (bicyclic) bond motifs is 2. The predicted molar refractivity (Wildman–Crippen MR) is 83.0 cm³/mol. The molecule has 2 nitrogen and oxygen atoms in total. The molecule has 0 fully saturated rings. The number of aryl methyl sites for hydroxylation is 2. The molecule has 19 heavy (non-hydrogen) atoms. The normalized spacial score (nSPS) is 26.2. The fourth-order valence-corrected chi connectivity index (χ4v) is 3.29. The summed E-state index contributed by atoms with van der Waals surface area (Å²) in [5.74, 6) is 1.62. The van der Waals surface area contributed by atoms with Gasteiger partial charge in [-0.05, 0) is 54.7 Å². The van der Waals surface area contributed by atoms with Gasteiger partial charge in [0.2, 0.25) is 0 Å². The Balaban J connectivity index is 1.87. The van der Waals surface area contributed by atoms with Crippen LogP contribution >= 0.6 is 0 Å². The molecule has 0 saturated heterocycles. The van der Waals surface area contributed by atoms with E-state index in [0.717, 1.165) is 24.9 Å². The average molecular weight is 258 g/mol. The SMILES string of the molecule is CCC1CCc2cc3c(cc2NC1)NCC(C)CC3. The van der Waals surface area contributed by atoms with Crippen LogP contribution in [0.3, 0.4) is 0 Å². The van der Waals surface area contributed by atoms with E-state index in [0.29, 0.717) is 0 Å². The first-order valence-electron chi connectivity index (χ1n) is 7.89. The van der Waals surface area contributed by atoms with Crippen LogP contribution in [0.15, 0.2) is 12.1 Å². The van der Waals surface area contributed by atoms with E-state index < -0.39 is 0 Å². The van der Waals surface area contributed by atoms with Gasteiger partial charge in [0.1, 0.15) is 0 Å². The average Bonchev–Trinajstić information content (AvgIpc) is 2.73. The molecule has 1 aromatic carbocycles. The van der Waals surface area contributed by atoms with Crippen molar-refractivity contribution in [3.05, 3.63) is 23.3 Å². The number of hydrogen-bond acceptors (Lipinski definition) is 2. The second-order valence-electron chi connectivity index (χ2n) is 6.39. The van der Waals surface area contributed by atoms with E-state index >= 15 is 0 Å². The van der Waals surface area contributed by atoms with E-state index in [1.165, 1.54) is 54.6 Å². The van der Waals surface area contributed by atoms with Gasteiger partial charge in [0, 0.05) is 24.5 Å². The van der Waals surface area contributed by atoms with Crippen molar-refractivity contribution in [2.24, 2.45) is 11.8 Å². The van der Waals surface area contributed by atoms with E-state index in [1.54, 1.807) is 0 Å². The van der Waals surface area contributed by atoms with Gasteiger partial charge in [-0.1, -0.05) is 26.3 Å². The van der Waals surface area contributed by atoms with E-state index in [2.05, 4.69) is 36.6 Å². The van der Waals surface area contributed by atoms with Gasteiger partial charge in [-0.15, -0.1) is 0 Å². The van der Waals surface area contributed by atoms with Crippen LogP contribution in [0.2, 0.25) is 0 Å². The number of benzene rings is 1. The molecule has 0 radical (unpaired) electrons. The van der Waals surface area contributed by atoms with E-state index in [9.17, 15) is 0 Å². The van der Waals surface area contributed by atoms with Gasteiger partial charge in [0.05, 0.1) is 0 Å². The molecule has 104 valence electrons. The van der Waals surface area contributed by atoms with Crippen LogP contribution in [-0.2, 0) is 12.8 Å². The quantitative estimate of drug-likeness (QED) is 0.793. The van der Waals surface area contributed by atoms with Gasteiger partial charge in [0.25, 0.3) is 0 Å². The van der Waals surface area contributed by atoms with Crippen molar-refractivity contribution in [3.8, 4) is 0 Å². The highest BCUT2D eigenvalue weighted by Gasteiger charge is 2.18. The summed E-state index contributed by atoms with van der Waals surface area (Å²) >= 11 is 0. The second-order valence-corrected chi connectivity index (χ2v) is 6.39. The molecule has 2 atom stereocenters. The molecule has 0 spiro atoms. The maximum atomic E-state index is 3.67. The largest absolute Gasteiger partial charge is 0.384 e. The van der Waals surface area contributed by atoms with Gasteiger partial charge in [-0.2, -0.15) is 0 Å². The van der Waals surface area contributed by atoms with Crippen LogP contribution < -0.4 is 10.6 Å². The lowest BCUT2D eigenvalue weighted by Crippen LogP contribution is -2.11. The first-order valence-corrected chi connectivity index (χ1v) is 7.89. The highest BCUT2D eigenvalue weighted by atomic mass is 14.9. The molecule has 0 bridgehead atoms. The third kappa shape index (κ3) is 2.72. The van der Waals surface area contributed by atoms with E-state index in [-0.39, 0.29) is 0 Å². The minimum Gasteiger partial charge on any atom is -0.384 e. The fraction of sp³-hybridized carbons (Fsp3) is 0.647. The molecule has 3 rings (SSSR count). The Morgan fingerprint density at radius 2 is 1.68 bits per heavy atom. The molecule has 2 aliphatic rings. The van der Waals surface area contributed by atoms with Gasteiger partial charge in [-0.25, -0.2) is 0 Å². The number of nitrogens with one attached hydrogen (secondary N) is 2. The highest BCUT2D eigenvalue weighted by Crippen LogP contribution is 2.33. The van der Waals surface area contributed by atoms with Crippen LogP contribution in [0.5, 0.6) is 0 Å². The Morgan fingerprint density at radius 1 is 1.00 bits per heavy atom. The monoisotopic (exact) mass is 258 g/mol. The van der Waals surface area contributed by atoms with Crippen molar-refractivity contribution < 1.29 is 0 Å². The summed E-state index contributed by atoms with van der Waals surface area (Å²) in [6.07, 6.45) is 6.40. The van der Waals surface area contributed by atoms with Crippen LogP contribution in [0, 0.1) is 11.8 Å². The molecule has 0 aliphatic carbocycles. The zero-order chi connectivity index (χ0) is 13.2. The lowest BCUT2D eigenvalue weighted by Gasteiger charge is -2.15. The van der Waals surface area contributed by atoms with Crippen molar-refractivity contribution in [3.63, 3.8) is 0 Å². The van der Waals surface area contributed by atoms with Crippen LogP contribution in [-0.4, -0.2) is 13.1 Å². The lowest BCUT2D eigenvalue weighted by molar-refractivity contribution is 0.503. The van der Waals surface area contributed by atoms with Gasteiger partial charge in [0.15, 0.2) is 0 Å². The van der Waals surface area contributed by atoms with Crippen molar-refractivity contribution in [1.82, 2.24) is 0 Å². The first-order chi connectivity index (χ1) is 9.26. The van der Waals surface area contributed by atoms with Crippen LogP contribution in [0.1, 0.15) is 44.2 Å². The topological polar surface area (TPSA) is 24.1 Å². The molecule has 2 N–H and O–H groups in total. The summed E-state index contributed by atoms with van der Waals surface area (Å²) in [4.78, 5) is 0. The molecule has 2 heterocycles. The Kier molecular flexibility index (Phi) is 3.67. The van der Waals surface area contributed by atoms with Crippen molar-refractivity contribution in [1.29, 1.82) is 0 Å². The van der Waals surface area contributed by atoms with Crippen molar-refractivity contribution in [2.45, 2.75) is 46.0 Å². The van der Waals surface area contributed by atoms with Crippen molar-refractivity contribution >= 4 is 11.4 Å². The fourth-order valence-electron chi connectivity index (χ4n) is 3.29. The molecule has 2 heteroatoms. The molecular weight excluding hydrogens is 232 g/mol. The molecule has 1 aromatic rings. The highest BCUT2D eigenvalue weighted by molar-refractivity contribution is 5.66. The summed E-state index contributed by atoms with van der Waals surface area (Å²) in [7, 11) is 0. The van der Waals surface area contributed by atoms with Crippen LogP contribution in [0.4, 0.5) is 11.4 Å². The summed E-state index contributed by atoms with van der Waals surface area (Å²) in [6.45, 7) is 6.90. The molecule has 0 saturated carbocycles. The smallest absolute Gasteiger partial charge is 0.0393 e. The maximum Gasteiger partial charge on any atom is 0.0393 e. The Hall–Kier alpha value is -1.18. The van der Waals surface area contributed by atoms with Gasteiger partial charge < -0.3 is 10.6 Å². The van der Waals surface area contributed by atoms with Gasteiger partial charge in [-0.3, -0.25) is 0 Å². The van der Waals surface area contributed by atoms with Crippen molar-refractivity contribution in [2.75, 3.05) is 23.7 Å². The summed E-state index contributed by atoms with van der Waals surface area (Å²) in [6, 6.07) is 4.82. The molecule has 0 amide bonds. The number of hydrogen-bond donors (Lipinski definition) is 2. The molecular formula is C17H26N2. The Labute approximate surface area is 117 Å². The van der Waals surface area contributed by atoms with Crippen LogP contribution in [0.25, 0.3) is 0 Å². The summed E-state index contributed by atoms with van der Waals surface area (Å²) in [5, 5.41) is 7.30. The molecule has 2 aliphatic heterocycles. The zero-order valence-corrected chi connectivity index (χ0v) is 12.3. The third-order valence-electron chi connectivity index (χ3n) is 4.86. The third-order valence-corrected chi connectivity index (χ3v) is 4.86. The Bertz CT molecular complexity index is 414. The van der Waals surface area contributed by atoms with E-state index in [4.69, 9.17) is 0 Å². The van der Waals surface area contributed by atoms with Gasteiger partial charge >= 0.3 is 0 Å². The number of anilines is 2. The molecule has 0 aromatic heterocycles. The lowest BCUT2D eigenvalue weighted by atomic mass is 9.96. The second kappa shape index (κ2) is 5.44. The first kappa shape index (κ1) is 12.8. The summed E-state index contributed by atoms with van der Waals surface area (Å²) < 4.78 is 0. The number of rotatable bonds is 1. The predicted octanol–water partition coefficient (Wildman–Crippen LogP) is 4.07. The summed E-state index contributed by atoms with van der Waals surface area (Å²) in [5.41, 5.74) is 5.80. The minimum atomic E-state index is 0.782. The van der Waals surface area contributed by atoms with E-state index in [1.807, 2.05) is 0 Å². The zero-order valence-electron chi connectivity index (χ0n) is 12.3. The minimum absolute atomic E-state index is 0.782. The Morgan fingerprint density at radius 3 is 2.42 bits per heavy atom. The molecule has 2 unspecified atom stereocenters. The maximum absolute atomic E-state index is 3.67. The standard InChI is InChI=1S/C17H26N2/c1-3-13-5-7-15-8-14-6-4-12(2)10-18-16(14)9-17(15)19-11-13/h8-9,12-13,18-19H,3-7,10-11H2,1-2H3.